The summed E-state index contributed by atoms with van der Waals surface area (Å²) in [5, 5.41) is 6.92. The van der Waals surface area contributed by atoms with Crippen LogP contribution in [0.5, 0.6) is 0 Å². The lowest BCUT2D eigenvalue weighted by molar-refractivity contribution is 0.0389. The largest absolute Gasteiger partial charge is 0.379 e. The fourth-order valence-corrected chi connectivity index (χ4v) is 3.30. The molecule has 136 valence electrons. The number of aliphatic imine (C=N–C) groups is 1. The van der Waals surface area contributed by atoms with E-state index in [0.717, 1.165) is 58.4 Å². The number of nitrogens with one attached hydrogen (secondary N) is 2. The number of rotatable bonds is 6. The Balaban J connectivity index is 0.00000264. The predicted octanol–water partition coefficient (Wildman–Crippen LogP) is 0.976. The molecule has 2 aliphatic heterocycles. The van der Waals surface area contributed by atoms with Crippen LogP contribution in [-0.2, 0) is 4.74 Å². The minimum Gasteiger partial charge on any atom is -0.379 e. The highest BCUT2D eigenvalue weighted by Gasteiger charge is 2.20. The molecule has 0 bridgehead atoms. The van der Waals surface area contributed by atoms with Crippen LogP contribution in [0.2, 0.25) is 0 Å². The first-order valence-corrected chi connectivity index (χ1v) is 8.82. The Bertz CT molecular complexity index is 336. The van der Waals surface area contributed by atoms with Gasteiger partial charge in [0, 0.05) is 45.8 Å². The third-order valence-electron chi connectivity index (χ3n) is 4.71. The van der Waals surface area contributed by atoms with Crippen molar-refractivity contribution in [2.75, 3.05) is 66.1 Å². The van der Waals surface area contributed by atoms with Crippen molar-refractivity contribution in [3.63, 3.8) is 0 Å². The summed E-state index contributed by atoms with van der Waals surface area (Å²) in [6.07, 6.45) is 3.99. The van der Waals surface area contributed by atoms with Crippen LogP contribution >= 0.6 is 24.0 Å². The summed E-state index contributed by atoms with van der Waals surface area (Å²) in [6.45, 7) is 11.4. The lowest BCUT2D eigenvalue weighted by atomic mass is 10.0. The van der Waals surface area contributed by atoms with Crippen LogP contribution in [0.3, 0.4) is 0 Å². The minimum atomic E-state index is 0. The minimum absolute atomic E-state index is 0. The molecule has 2 heterocycles. The molecule has 1 unspecified atom stereocenters. The molecule has 2 saturated heterocycles. The third kappa shape index (κ3) is 7.53. The van der Waals surface area contributed by atoms with Crippen LogP contribution < -0.4 is 10.6 Å². The first-order chi connectivity index (χ1) is 10.8. The molecule has 1 atom stereocenters. The molecule has 2 N–H and O–H groups in total. The molecule has 0 radical (unpaired) electrons. The first-order valence-electron chi connectivity index (χ1n) is 8.82. The molecule has 0 saturated carbocycles. The number of hydrogen-bond acceptors (Lipinski definition) is 4. The highest BCUT2D eigenvalue weighted by molar-refractivity contribution is 14.0. The van der Waals surface area contributed by atoms with Gasteiger partial charge in [0.2, 0.25) is 0 Å². The van der Waals surface area contributed by atoms with Gasteiger partial charge < -0.3 is 15.4 Å². The van der Waals surface area contributed by atoms with Gasteiger partial charge in [-0.25, -0.2) is 0 Å². The zero-order valence-electron chi connectivity index (χ0n) is 14.7. The molecule has 0 spiro atoms. The van der Waals surface area contributed by atoms with Gasteiger partial charge in [0.1, 0.15) is 0 Å². The van der Waals surface area contributed by atoms with E-state index in [1.54, 1.807) is 0 Å². The molecule has 23 heavy (non-hydrogen) atoms. The molecule has 2 rings (SSSR count). The highest BCUT2D eigenvalue weighted by atomic mass is 127. The number of nitrogens with zero attached hydrogens (tertiary/aromatic N) is 3. The molecular formula is C16H34IN5O. The molecule has 0 aliphatic carbocycles. The van der Waals surface area contributed by atoms with Crippen LogP contribution in [0.25, 0.3) is 0 Å². The summed E-state index contributed by atoms with van der Waals surface area (Å²) in [4.78, 5) is 9.35. The van der Waals surface area contributed by atoms with Crippen LogP contribution in [0.15, 0.2) is 4.99 Å². The molecular weight excluding hydrogens is 405 g/mol. The van der Waals surface area contributed by atoms with E-state index in [2.05, 4.69) is 32.3 Å². The van der Waals surface area contributed by atoms with Crippen LogP contribution in [0, 0.1) is 0 Å². The molecule has 0 aromatic heterocycles. The van der Waals surface area contributed by atoms with Crippen molar-refractivity contribution in [2.24, 2.45) is 4.99 Å². The van der Waals surface area contributed by atoms with Gasteiger partial charge in [-0.15, -0.1) is 24.0 Å². The monoisotopic (exact) mass is 439 g/mol. The maximum atomic E-state index is 5.37. The van der Waals surface area contributed by atoms with Crippen LogP contribution in [0.1, 0.15) is 26.2 Å². The van der Waals surface area contributed by atoms with Crippen molar-refractivity contribution in [3.05, 3.63) is 0 Å². The summed E-state index contributed by atoms with van der Waals surface area (Å²) in [5.41, 5.74) is 0. The maximum Gasteiger partial charge on any atom is 0.191 e. The number of hydrogen-bond donors (Lipinski definition) is 2. The van der Waals surface area contributed by atoms with Crippen molar-refractivity contribution < 1.29 is 4.74 Å². The summed E-state index contributed by atoms with van der Waals surface area (Å²) in [5.74, 6) is 0.926. The summed E-state index contributed by atoms with van der Waals surface area (Å²) in [7, 11) is 1.85. The van der Waals surface area contributed by atoms with Crippen molar-refractivity contribution in [1.29, 1.82) is 0 Å². The number of halogens is 1. The second kappa shape index (κ2) is 12.3. The van der Waals surface area contributed by atoms with Crippen molar-refractivity contribution in [3.8, 4) is 0 Å². The number of likely N-dealkylation sites (N-methyl/N-ethyl adjacent to an activating group) is 1. The van der Waals surface area contributed by atoms with Gasteiger partial charge in [-0.2, -0.15) is 0 Å². The lowest BCUT2D eigenvalue weighted by Gasteiger charge is -2.35. The van der Waals surface area contributed by atoms with Crippen molar-refractivity contribution in [1.82, 2.24) is 20.4 Å². The fourth-order valence-electron chi connectivity index (χ4n) is 3.30. The Morgan fingerprint density at radius 1 is 1.17 bits per heavy atom. The zero-order chi connectivity index (χ0) is 15.6. The van der Waals surface area contributed by atoms with E-state index in [1.807, 2.05) is 7.05 Å². The standard InChI is InChI=1S/C16H33N5O.HI/c1-3-21-8-5-4-6-15(21)14-19-16(17-2)18-7-9-20-10-12-22-13-11-20;/h15H,3-14H2,1-2H3,(H2,17,18,19);1H. The summed E-state index contributed by atoms with van der Waals surface area (Å²) >= 11 is 0. The number of piperidine rings is 1. The Morgan fingerprint density at radius 2 is 1.96 bits per heavy atom. The topological polar surface area (TPSA) is 52.1 Å². The van der Waals surface area contributed by atoms with Crippen LogP contribution in [-0.4, -0.2) is 87.9 Å². The van der Waals surface area contributed by atoms with Gasteiger partial charge in [-0.1, -0.05) is 13.3 Å². The number of likely N-dealkylation sites (tertiary alicyclic amines) is 1. The zero-order valence-corrected chi connectivity index (χ0v) is 17.1. The Kier molecular flexibility index (Phi) is 11.2. The van der Waals surface area contributed by atoms with E-state index in [-0.39, 0.29) is 24.0 Å². The third-order valence-corrected chi connectivity index (χ3v) is 4.71. The highest BCUT2D eigenvalue weighted by Crippen LogP contribution is 2.15. The van der Waals surface area contributed by atoms with E-state index < -0.39 is 0 Å². The van der Waals surface area contributed by atoms with Gasteiger partial charge in [0.15, 0.2) is 5.96 Å². The molecule has 2 fully saturated rings. The van der Waals surface area contributed by atoms with E-state index >= 15 is 0 Å². The van der Waals surface area contributed by atoms with Gasteiger partial charge >= 0.3 is 0 Å². The Morgan fingerprint density at radius 3 is 2.65 bits per heavy atom. The Hall–Kier alpha value is -0.120. The van der Waals surface area contributed by atoms with Gasteiger partial charge in [0.25, 0.3) is 0 Å². The molecule has 6 nitrogen and oxygen atoms in total. The number of morpholine rings is 1. The summed E-state index contributed by atoms with van der Waals surface area (Å²) in [6, 6.07) is 0.650. The average Bonchev–Trinajstić information content (AvgIpc) is 2.59. The molecule has 0 aromatic carbocycles. The van der Waals surface area contributed by atoms with Crippen molar-refractivity contribution in [2.45, 2.75) is 32.2 Å². The fraction of sp³-hybridized carbons (Fsp3) is 0.938. The average molecular weight is 439 g/mol. The van der Waals surface area contributed by atoms with Gasteiger partial charge in [-0.05, 0) is 25.9 Å². The second-order valence-electron chi connectivity index (χ2n) is 6.11. The van der Waals surface area contributed by atoms with E-state index in [0.29, 0.717) is 6.04 Å². The van der Waals surface area contributed by atoms with E-state index in [4.69, 9.17) is 4.74 Å². The number of guanidine groups is 1. The molecule has 7 heteroatoms. The van der Waals surface area contributed by atoms with E-state index in [9.17, 15) is 0 Å². The second-order valence-corrected chi connectivity index (χ2v) is 6.11. The molecule has 2 aliphatic rings. The molecule has 0 amide bonds. The van der Waals surface area contributed by atoms with Crippen LogP contribution in [0.4, 0.5) is 0 Å². The maximum absolute atomic E-state index is 5.37. The van der Waals surface area contributed by atoms with Gasteiger partial charge in [0.05, 0.1) is 13.2 Å². The number of ether oxygens (including phenoxy) is 1. The quantitative estimate of drug-likeness (QED) is 0.367. The predicted molar refractivity (Wildman–Crippen MR) is 107 cm³/mol. The molecule has 0 aromatic rings. The van der Waals surface area contributed by atoms with Gasteiger partial charge in [-0.3, -0.25) is 14.8 Å². The SMILES string of the molecule is CCN1CCCCC1CNC(=NC)NCCN1CCOCC1.I. The first kappa shape index (κ1) is 20.9. The van der Waals surface area contributed by atoms with E-state index in [1.165, 1.54) is 25.8 Å². The normalized spacial score (nSPS) is 24.1. The van der Waals surface area contributed by atoms with Crippen molar-refractivity contribution >= 4 is 29.9 Å². The lowest BCUT2D eigenvalue weighted by Crippen LogP contribution is -2.50. The Labute approximate surface area is 158 Å². The summed E-state index contributed by atoms with van der Waals surface area (Å²) < 4.78 is 5.37. The smallest absolute Gasteiger partial charge is 0.191 e.